The number of methoxy groups -OCH3 is 1. The molecule has 1 aliphatic rings. The smallest absolute Gasteiger partial charge is 0.337 e. The second-order valence-electron chi connectivity index (χ2n) is 3.72. The Bertz CT molecular complexity index is 439. The Morgan fingerprint density at radius 3 is 2.00 bits per heavy atom. The Morgan fingerprint density at radius 1 is 1.12 bits per heavy atom. The quantitative estimate of drug-likeness (QED) is 0.717. The second-order valence-corrected chi connectivity index (χ2v) is 6.02. The summed E-state index contributed by atoms with van der Waals surface area (Å²) >= 11 is 0. The van der Waals surface area contributed by atoms with Gasteiger partial charge in [0.15, 0.2) is 0 Å². The predicted molar refractivity (Wildman–Crippen MR) is 65.7 cm³/mol. The molecule has 1 aromatic carbocycles. The van der Waals surface area contributed by atoms with Gasteiger partial charge in [-0.3, -0.25) is 0 Å². The number of carbonyl (C=O) groups is 1. The van der Waals surface area contributed by atoms with Crippen molar-refractivity contribution in [2.45, 2.75) is 12.8 Å². The normalized spacial score (nSPS) is 16.8. The first-order valence-corrected chi connectivity index (χ1v) is 7.21. The number of hydrogen-bond acceptors (Lipinski definition) is 4. The minimum atomic E-state index is -2.55. The monoisotopic (exact) mass is 256 g/mol. The molecule has 0 spiro atoms. The summed E-state index contributed by atoms with van der Waals surface area (Å²) in [5.41, 5.74) is 0.588. The van der Waals surface area contributed by atoms with Crippen molar-refractivity contribution in [2.75, 3.05) is 18.6 Å². The van der Waals surface area contributed by atoms with E-state index in [0.717, 1.165) is 12.8 Å². The van der Waals surface area contributed by atoms with E-state index in [1.165, 1.54) is 7.11 Å². The average Bonchev–Trinajstić information content (AvgIpc) is 2.75. The Balaban J connectivity index is 0.000000181. The molecular formula is C12H16O4S. The second kappa shape index (κ2) is 6.39. The molecule has 1 aliphatic heterocycles. The van der Waals surface area contributed by atoms with Gasteiger partial charge < -0.3 is 4.74 Å². The van der Waals surface area contributed by atoms with E-state index in [0.29, 0.717) is 17.1 Å². The maximum absolute atomic E-state index is 10.8. The van der Waals surface area contributed by atoms with Crippen molar-refractivity contribution in [1.29, 1.82) is 0 Å². The minimum Gasteiger partial charge on any atom is -0.465 e. The standard InChI is InChI=1S/C8H8O2.C4H8O2S/c1-10-8(9)7-5-3-2-4-6-7;5-7(6)3-1-2-4-7/h2-6H,1H3;1-4H2. The first-order valence-electron chi connectivity index (χ1n) is 5.39. The summed E-state index contributed by atoms with van der Waals surface area (Å²) in [6.07, 6.45) is 1.75. The number of esters is 1. The lowest BCUT2D eigenvalue weighted by Crippen LogP contribution is -1.99. The molecule has 0 aliphatic carbocycles. The van der Waals surface area contributed by atoms with Gasteiger partial charge in [0, 0.05) is 0 Å². The van der Waals surface area contributed by atoms with E-state index in [1.54, 1.807) is 24.3 Å². The van der Waals surface area contributed by atoms with E-state index >= 15 is 0 Å². The predicted octanol–water partition coefficient (Wildman–Crippen LogP) is 1.67. The first-order chi connectivity index (χ1) is 8.05. The molecule has 4 nitrogen and oxygen atoms in total. The Hall–Kier alpha value is -1.36. The van der Waals surface area contributed by atoms with Crippen LogP contribution in [0.15, 0.2) is 30.3 Å². The number of sulfone groups is 1. The summed E-state index contributed by atoms with van der Waals surface area (Å²) in [6, 6.07) is 8.88. The van der Waals surface area contributed by atoms with Gasteiger partial charge >= 0.3 is 5.97 Å². The Labute approximate surface area is 102 Å². The van der Waals surface area contributed by atoms with Gasteiger partial charge in [-0.2, -0.15) is 0 Å². The van der Waals surface area contributed by atoms with E-state index in [4.69, 9.17) is 0 Å². The molecule has 0 bridgehead atoms. The van der Waals surface area contributed by atoms with Crippen LogP contribution in [-0.4, -0.2) is 33.0 Å². The molecule has 1 fully saturated rings. The molecule has 1 heterocycles. The van der Waals surface area contributed by atoms with Crippen molar-refractivity contribution in [3.63, 3.8) is 0 Å². The summed E-state index contributed by atoms with van der Waals surface area (Å²) in [7, 11) is -1.18. The molecule has 94 valence electrons. The fraction of sp³-hybridized carbons (Fsp3) is 0.417. The minimum absolute atomic E-state index is 0.291. The van der Waals surface area contributed by atoms with Crippen LogP contribution >= 0.6 is 0 Å². The van der Waals surface area contributed by atoms with E-state index in [9.17, 15) is 13.2 Å². The van der Waals surface area contributed by atoms with Gasteiger partial charge in [0.2, 0.25) is 0 Å². The van der Waals surface area contributed by atoms with Crippen LogP contribution in [0.1, 0.15) is 23.2 Å². The van der Waals surface area contributed by atoms with Gasteiger partial charge in [0.05, 0.1) is 24.2 Å². The number of benzene rings is 1. The summed E-state index contributed by atoms with van der Waals surface area (Å²) in [5.74, 6) is 0.556. The molecule has 1 aromatic rings. The van der Waals surface area contributed by atoms with Crippen molar-refractivity contribution in [2.24, 2.45) is 0 Å². The molecule has 5 heteroatoms. The van der Waals surface area contributed by atoms with Gasteiger partial charge in [0.1, 0.15) is 9.84 Å². The van der Waals surface area contributed by atoms with Crippen molar-refractivity contribution in [3.8, 4) is 0 Å². The highest BCUT2D eigenvalue weighted by molar-refractivity contribution is 7.91. The van der Waals surface area contributed by atoms with Gasteiger partial charge in [0.25, 0.3) is 0 Å². The van der Waals surface area contributed by atoms with Crippen molar-refractivity contribution < 1.29 is 17.9 Å². The van der Waals surface area contributed by atoms with Gasteiger partial charge in [-0.25, -0.2) is 13.2 Å². The third-order valence-electron chi connectivity index (χ3n) is 2.36. The topological polar surface area (TPSA) is 60.4 Å². The fourth-order valence-corrected chi connectivity index (χ4v) is 2.93. The SMILES string of the molecule is COC(=O)c1ccccc1.O=S1(=O)CCCC1. The van der Waals surface area contributed by atoms with E-state index < -0.39 is 9.84 Å². The van der Waals surface area contributed by atoms with Crippen molar-refractivity contribution in [1.82, 2.24) is 0 Å². The summed E-state index contributed by atoms with van der Waals surface area (Å²) in [5, 5.41) is 0. The Kier molecular flexibility index (Phi) is 5.15. The van der Waals surface area contributed by atoms with Crippen LogP contribution in [0, 0.1) is 0 Å². The highest BCUT2D eigenvalue weighted by Gasteiger charge is 2.16. The molecule has 1 saturated heterocycles. The van der Waals surface area contributed by atoms with Crippen LogP contribution in [0.3, 0.4) is 0 Å². The summed E-state index contributed by atoms with van der Waals surface area (Å²) in [4.78, 5) is 10.8. The molecule has 0 unspecified atom stereocenters. The van der Waals surface area contributed by atoms with Crippen LogP contribution in [0.4, 0.5) is 0 Å². The molecule has 0 radical (unpaired) electrons. The largest absolute Gasteiger partial charge is 0.465 e. The van der Waals surface area contributed by atoms with Gasteiger partial charge in [-0.15, -0.1) is 0 Å². The van der Waals surface area contributed by atoms with E-state index in [1.807, 2.05) is 6.07 Å². The zero-order valence-electron chi connectivity index (χ0n) is 9.76. The third kappa shape index (κ3) is 4.99. The molecule has 0 saturated carbocycles. The highest BCUT2D eigenvalue weighted by Crippen LogP contribution is 2.08. The first kappa shape index (κ1) is 13.7. The average molecular weight is 256 g/mol. The summed E-state index contributed by atoms with van der Waals surface area (Å²) in [6.45, 7) is 0. The lowest BCUT2D eigenvalue weighted by Gasteiger charge is -1.95. The third-order valence-corrected chi connectivity index (χ3v) is 4.18. The Morgan fingerprint density at radius 2 is 1.65 bits per heavy atom. The maximum Gasteiger partial charge on any atom is 0.337 e. The maximum atomic E-state index is 10.8. The zero-order valence-corrected chi connectivity index (χ0v) is 10.6. The van der Waals surface area contributed by atoms with Crippen molar-refractivity contribution in [3.05, 3.63) is 35.9 Å². The molecule has 17 heavy (non-hydrogen) atoms. The van der Waals surface area contributed by atoms with Crippen molar-refractivity contribution >= 4 is 15.8 Å². The molecule has 0 N–H and O–H groups in total. The van der Waals surface area contributed by atoms with E-state index in [2.05, 4.69) is 4.74 Å². The number of ether oxygens (including phenoxy) is 1. The zero-order chi connectivity index (χ0) is 12.7. The number of rotatable bonds is 1. The summed E-state index contributed by atoms with van der Waals surface area (Å²) < 4.78 is 25.4. The molecule has 0 aromatic heterocycles. The number of carbonyl (C=O) groups excluding carboxylic acids is 1. The van der Waals surface area contributed by atoms with Crippen LogP contribution in [-0.2, 0) is 14.6 Å². The van der Waals surface area contributed by atoms with Crippen LogP contribution in [0.25, 0.3) is 0 Å². The van der Waals surface area contributed by atoms with Crippen LogP contribution in [0.5, 0.6) is 0 Å². The van der Waals surface area contributed by atoms with Crippen LogP contribution in [0.2, 0.25) is 0 Å². The number of hydrogen-bond donors (Lipinski definition) is 0. The highest BCUT2D eigenvalue weighted by atomic mass is 32.2. The van der Waals surface area contributed by atoms with Gasteiger partial charge in [-0.1, -0.05) is 18.2 Å². The lowest BCUT2D eigenvalue weighted by atomic mass is 10.2. The van der Waals surface area contributed by atoms with Crippen LogP contribution < -0.4 is 0 Å². The fourth-order valence-electron chi connectivity index (χ4n) is 1.44. The molecule has 2 rings (SSSR count). The molecule has 0 amide bonds. The lowest BCUT2D eigenvalue weighted by molar-refractivity contribution is 0.0600. The van der Waals surface area contributed by atoms with Gasteiger partial charge in [-0.05, 0) is 25.0 Å². The molecular weight excluding hydrogens is 240 g/mol. The molecule has 0 atom stereocenters. The van der Waals surface area contributed by atoms with E-state index in [-0.39, 0.29) is 5.97 Å².